The Morgan fingerprint density at radius 1 is 0.960 bits per heavy atom. The summed E-state index contributed by atoms with van der Waals surface area (Å²) in [6.45, 7) is 6.47. The molecule has 0 aromatic heterocycles. The number of carbonyl (C=O) groups is 1. The average molecular weight is 338 g/mol. The lowest BCUT2D eigenvalue weighted by atomic mass is 9.98. The summed E-state index contributed by atoms with van der Waals surface area (Å²) in [6, 6.07) is 18.2. The Morgan fingerprint density at radius 3 is 2.32 bits per heavy atom. The van der Waals surface area contributed by atoms with Crippen LogP contribution in [-0.2, 0) is 17.6 Å². The molecule has 25 heavy (non-hydrogen) atoms. The molecule has 0 aliphatic heterocycles. The van der Waals surface area contributed by atoms with Crippen molar-refractivity contribution in [1.82, 2.24) is 0 Å². The molecule has 0 saturated heterocycles. The van der Waals surface area contributed by atoms with E-state index < -0.39 is 0 Å². The minimum Gasteiger partial charge on any atom is -0.459 e. The highest BCUT2D eigenvalue weighted by molar-refractivity contribution is 5.91. The molecule has 0 bridgehead atoms. The van der Waals surface area contributed by atoms with Crippen molar-refractivity contribution in [3.63, 3.8) is 0 Å². The molecule has 0 fully saturated rings. The first-order chi connectivity index (χ1) is 12.1. The van der Waals surface area contributed by atoms with Crippen LogP contribution in [-0.4, -0.2) is 12.1 Å². The van der Waals surface area contributed by atoms with E-state index in [1.807, 2.05) is 30.3 Å². The van der Waals surface area contributed by atoms with Crippen molar-refractivity contribution in [2.24, 2.45) is 5.92 Å². The minimum atomic E-state index is -0.178. The first-order valence-corrected chi connectivity index (χ1v) is 9.43. The molecular formula is C23H30O2. The van der Waals surface area contributed by atoms with Crippen LogP contribution in [0.5, 0.6) is 0 Å². The maximum Gasteiger partial charge on any atom is 0.338 e. The summed E-state index contributed by atoms with van der Waals surface area (Å²) >= 11 is 0. The number of ether oxygens (including phenoxy) is 1. The fourth-order valence-electron chi connectivity index (χ4n) is 3.11. The maximum atomic E-state index is 12.7. The van der Waals surface area contributed by atoms with Crippen molar-refractivity contribution >= 4 is 5.97 Å². The number of hydrogen-bond donors (Lipinski definition) is 0. The fraction of sp³-hybridized carbons (Fsp3) is 0.435. The Labute approximate surface area is 152 Å². The van der Waals surface area contributed by atoms with Crippen LogP contribution >= 0.6 is 0 Å². The van der Waals surface area contributed by atoms with Crippen LogP contribution < -0.4 is 0 Å². The van der Waals surface area contributed by atoms with E-state index in [1.54, 1.807) is 0 Å². The molecule has 0 heterocycles. The van der Waals surface area contributed by atoms with Crippen molar-refractivity contribution in [3.05, 3.63) is 71.3 Å². The second-order valence-electron chi connectivity index (χ2n) is 7.10. The molecule has 2 nitrogen and oxygen atoms in total. The lowest BCUT2D eigenvalue weighted by Gasteiger charge is -2.19. The minimum absolute atomic E-state index is 0.0233. The van der Waals surface area contributed by atoms with Crippen LogP contribution in [0.2, 0.25) is 0 Å². The number of hydrogen-bond acceptors (Lipinski definition) is 2. The topological polar surface area (TPSA) is 26.3 Å². The zero-order valence-corrected chi connectivity index (χ0v) is 15.7. The summed E-state index contributed by atoms with van der Waals surface area (Å²) in [7, 11) is 0. The van der Waals surface area contributed by atoms with Crippen LogP contribution in [0.3, 0.4) is 0 Å². The van der Waals surface area contributed by atoms with E-state index in [2.05, 4.69) is 45.0 Å². The number of aryl methyl sites for hydroxylation is 1. The van der Waals surface area contributed by atoms with Crippen molar-refractivity contribution in [2.75, 3.05) is 0 Å². The predicted molar refractivity (Wildman–Crippen MR) is 104 cm³/mol. The lowest BCUT2D eigenvalue weighted by molar-refractivity contribution is 0.0259. The van der Waals surface area contributed by atoms with E-state index in [1.165, 1.54) is 5.56 Å². The quantitative estimate of drug-likeness (QED) is 0.537. The molecule has 2 aromatic carbocycles. The molecule has 2 heteroatoms. The van der Waals surface area contributed by atoms with Gasteiger partial charge in [0.15, 0.2) is 0 Å². The summed E-state index contributed by atoms with van der Waals surface area (Å²) < 4.78 is 5.88. The molecule has 0 aliphatic rings. The maximum absolute atomic E-state index is 12.7. The van der Waals surface area contributed by atoms with Gasteiger partial charge in [0.2, 0.25) is 0 Å². The SMILES string of the molecule is CCCC(CCc1ccccc1)OC(=O)c1ccccc1CC(C)C. The van der Waals surface area contributed by atoms with Crippen LogP contribution in [0, 0.1) is 5.92 Å². The molecule has 0 radical (unpaired) electrons. The van der Waals surface area contributed by atoms with Crippen molar-refractivity contribution in [1.29, 1.82) is 0 Å². The standard InChI is InChI=1S/C23H30O2/c1-4-10-21(16-15-19-11-6-5-7-12-19)25-23(24)22-14-9-8-13-20(22)17-18(2)3/h5-9,11-14,18,21H,4,10,15-17H2,1-3H3. The lowest BCUT2D eigenvalue weighted by Crippen LogP contribution is -2.20. The van der Waals surface area contributed by atoms with E-state index in [4.69, 9.17) is 4.74 Å². The van der Waals surface area contributed by atoms with Gasteiger partial charge in [-0.1, -0.05) is 75.7 Å². The Morgan fingerprint density at radius 2 is 1.64 bits per heavy atom. The molecule has 1 unspecified atom stereocenters. The normalized spacial score (nSPS) is 12.2. The van der Waals surface area contributed by atoms with Gasteiger partial charge in [0.05, 0.1) is 5.56 Å². The Bertz CT molecular complexity index is 646. The van der Waals surface area contributed by atoms with Crippen molar-refractivity contribution in [2.45, 2.75) is 59.0 Å². The van der Waals surface area contributed by atoms with Gasteiger partial charge in [0.1, 0.15) is 6.10 Å². The van der Waals surface area contributed by atoms with Gasteiger partial charge in [-0.3, -0.25) is 0 Å². The van der Waals surface area contributed by atoms with Gasteiger partial charge in [-0.15, -0.1) is 0 Å². The highest BCUT2D eigenvalue weighted by Gasteiger charge is 2.18. The van der Waals surface area contributed by atoms with Gasteiger partial charge in [-0.2, -0.15) is 0 Å². The van der Waals surface area contributed by atoms with E-state index in [0.29, 0.717) is 5.92 Å². The monoisotopic (exact) mass is 338 g/mol. The predicted octanol–water partition coefficient (Wildman–Crippen LogP) is 5.84. The third-order valence-electron chi connectivity index (χ3n) is 4.35. The number of esters is 1. The second kappa shape index (κ2) is 10.0. The van der Waals surface area contributed by atoms with Crippen LogP contribution in [0.15, 0.2) is 54.6 Å². The summed E-state index contributed by atoms with van der Waals surface area (Å²) in [6.07, 6.45) is 4.60. The largest absolute Gasteiger partial charge is 0.459 e. The van der Waals surface area contributed by atoms with Gasteiger partial charge in [0, 0.05) is 0 Å². The molecule has 2 aromatic rings. The Balaban J connectivity index is 2.02. The highest BCUT2D eigenvalue weighted by Crippen LogP contribution is 2.18. The van der Waals surface area contributed by atoms with Gasteiger partial charge in [-0.25, -0.2) is 4.79 Å². The average Bonchev–Trinajstić information content (AvgIpc) is 2.60. The molecule has 0 saturated carbocycles. The Hall–Kier alpha value is -2.09. The summed E-state index contributed by atoms with van der Waals surface area (Å²) in [5, 5.41) is 0. The summed E-state index contributed by atoms with van der Waals surface area (Å²) in [5.41, 5.74) is 3.10. The third-order valence-corrected chi connectivity index (χ3v) is 4.35. The van der Waals surface area contributed by atoms with Gasteiger partial charge < -0.3 is 4.74 Å². The molecule has 1 atom stereocenters. The first kappa shape index (κ1) is 19.2. The van der Waals surface area contributed by atoms with E-state index in [-0.39, 0.29) is 12.1 Å². The smallest absolute Gasteiger partial charge is 0.338 e. The fourth-order valence-corrected chi connectivity index (χ4v) is 3.11. The number of benzene rings is 2. The van der Waals surface area contributed by atoms with Crippen LogP contribution in [0.1, 0.15) is 61.5 Å². The number of carbonyl (C=O) groups excluding carboxylic acids is 1. The first-order valence-electron chi connectivity index (χ1n) is 9.43. The zero-order chi connectivity index (χ0) is 18.1. The van der Waals surface area contributed by atoms with Crippen molar-refractivity contribution < 1.29 is 9.53 Å². The highest BCUT2D eigenvalue weighted by atomic mass is 16.5. The molecule has 134 valence electrons. The van der Waals surface area contributed by atoms with E-state index >= 15 is 0 Å². The van der Waals surface area contributed by atoms with E-state index in [0.717, 1.165) is 43.2 Å². The molecular weight excluding hydrogens is 308 g/mol. The van der Waals surface area contributed by atoms with Gasteiger partial charge >= 0.3 is 5.97 Å². The van der Waals surface area contributed by atoms with Crippen LogP contribution in [0.25, 0.3) is 0 Å². The molecule has 0 N–H and O–H groups in total. The molecule has 0 aliphatic carbocycles. The Kier molecular flexibility index (Phi) is 7.72. The molecule has 2 rings (SSSR count). The zero-order valence-electron chi connectivity index (χ0n) is 15.7. The van der Waals surface area contributed by atoms with E-state index in [9.17, 15) is 4.79 Å². The number of rotatable bonds is 9. The summed E-state index contributed by atoms with van der Waals surface area (Å²) in [5.74, 6) is 0.334. The second-order valence-corrected chi connectivity index (χ2v) is 7.10. The summed E-state index contributed by atoms with van der Waals surface area (Å²) in [4.78, 5) is 12.7. The molecule has 0 spiro atoms. The van der Waals surface area contributed by atoms with Crippen LogP contribution in [0.4, 0.5) is 0 Å². The van der Waals surface area contributed by atoms with Gasteiger partial charge in [0.25, 0.3) is 0 Å². The third kappa shape index (κ3) is 6.38. The van der Waals surface area contributed by atoms with Gasteiger partial charge in [-0.05, 0) is 48.8 Å². The molecule has 0 amide bonds. The van der Waals surface area contributed by atoms with Crippen molar-refractivity contribution in [3.8, 4) is 0 Å².